The van der Waals surface area contributed by atoms with E-state index in [1.54, 1.807) is 19.2 Å². The molecule has 0 aliphatic heterocycles. The number of hydrogen-bond acceptors (Lipinski definition) is 2. The van der Waals surface area contributed by atoms with Gasteiger partial charge in [-0.2, -0.15) is 0 Å². The second-order valence-corrected chi connectivity index (χ2v) is 5.51. The largest absolute Gasteiger partial charge is 0.459 e. The van der Waals surface area contributed by atoms with Crippen LogP contribution in [0.1, 0.15) is 22.9 Å². The van der Waals surface area contributed by atoms with Crippen LogP contribution in [0.5, 0.6) is 0 Å². The maximum Gasteiger partial charge on any atom is 0.134 e. The molecule has 3 rings (SSSR count). The minimum Gasteiger partial charge on any atom is -0.459 e. The third-order valence-corrected chi connectivity index (χ3v) is 3.77. The Morgan fingerprint density at radius 2 is 1.95 bits per heavy atom. The summed E-state index contributed by atoms with van der Waals surface area (Å²) in [6.07, 6.45) is 0. The van der Waals surface area contributed by atoms with Gasteiger partial charge in [0.05, 0.1) is 6.04 Å². The van der Waals surface area contributed by atoms with Crippen LogP contribution in [0.3, 0.4) is 0 Å². The van der Waals surface area contributed by atoms with Crippen LogP contribution in [0.15, 0.2) is 46.9 Å². The quantitative estimate of drug-likeness (QED) is 0.749. The molecule has 1 heterocycles. The van der Waals surface area contributed by atoms with E-state index in [0.717, 1.165) is 16.5 Å². The molecule has 0 saturated carbocycles. The summed E-state index contributed by atoms with van der Waals surface area (Å²) in [6.45, 7) is 2.03. The molecule has 0 bridgehead atoms. The minimum atomic E-state index is -0.352. The van der Waals surface area contributed by atoms with Gasteiger partial charge in [-0.3, -0.25) is 0 Å². The summed E-state index contributed by atoms with van der Waals surface area (Å²) in [6, 6.07) is 12.2. The van der Waals surface area contributed by atoms with E-state index in [2.05, 4.69) is 5.32 Å². The van der Waals surface area contributed by atoms with Crippen molar-refractivity contribution in [3.05, 3.63) is 70.2 Å². The van der Waals surface area contributed by atoms with Crippen molar-refractivity contribution in [3.8, 4) is 0 Å². The van der Waals surface area contributed by atoms with E-state index < -0.39 is 0 Å². The standard InChI is InChI=1S/C17H15ClFNO/c1-10-3-6-15-11(7-10)8-16(21-15)17(20-2)13-5-4-12(18)9-14(13)19/h3-9,17,20H,1-2H3. The Labute approximate surface area is 127 Å². The van der Waals surface area contributed by atoms with E-state index in [1.807, 2.05) is 31.2 Å². The van der Waals surface area contributed by atoms with Crippen LogP contribution in [0.2, 0.25) is 5.02 Å². The summed E-state index contributed by atoms with van der Waals surface area (Å²) in [5.41, 5.74) is 2.47. The molecule has 0 aliphatic carbocycles. The molecular weight excluding hydrogens is 289 g/mol. The molecule has 1 atom stereocenters. The van der Waals surface area contributed by atoms with Crippen LogP contribution in [0.4, 0.5) is 4.39 Å². The molecule has 1 aromatic heterocycles. The summed E-state index contributed by atoms with van der Waals surface area (Å²) in [5, 5.41) is 4.49. The zero-order chi connectivity index (χ0) is 15.0. The van der Waals surface area contributed by atoms with Crippen LogP contribution < -0.4 is 5.32 Å². The zero-order valence-electron chi connectivity index (χ0n) is 11.8. The van der Waals surface area contributed by atoms with Gasteiger partial charge in [-0.1, -0.05) is 29.3 Å². The van der Waals surface area contributed by atoms with Crippen LogP contribution in [0, 0.1) is 12.7 Å². The van der Waals surface area contributed by atoms with E-state index in [9.17, 15) is 4.39 Å². The lowest BCUT2D eigenvalue weighted by Crippen LogP contribution is -2.18. The molecule has 1 N–H and O–H groups in total. The average Bonchev–Trinajstić information content (AvgIpc) is 2.84. The van der Waals surface area contributed by atoms with Gasteiger partial charge in [0.25, 0.3) is 0 Å². The lowest BCUT2D eigenvalue weighted by Gasteiger charge is -2.15. The monoisotopic (exact) mass is 303 g/mol. The van der Waals surface area contributed by atoms with Crippen molar-refractivity contribution in [2.45, 2.75) is 13.0 Å². The fraction of sp³-hybridized carbons (Fsp3) is 0.176. The highest BCUT2D eigenvalue weighted by atomic mass is 35.5. The summed E-state index contributed by atoms with van der Waals surface area (Å²) in [7, 11) is 1.77. The highest BCUT2D eigenvalue weighted by molar-refractivity contribution is 6.30. The van der Waals surface area contributed by atoms with Gasteiger partial charge in [-0.05, 0) is 44.3 Å². The first-order chi connectivity index (χ1) is 10.1. The van der Waals surface area contributed by atoms with Gasteiger partial charge >= 0.3 is 0 Å². The highest BCUT2D eigenvalue weighted by Crippen LogP contribution is 2.30. The fourth-order valence-corrected chi connectivity index (χ4v) is 2.67. The summed E-state index contributed by atoms with van der Waals surface area (Å²) in [4.78, 5) is 0. The number of benzene rings is 2. The van der Waals surface area contributed by atoms with Crippen molar-refractivity contribution in [2.75, 3.05) is 7.05 Å². The lowest BCUT2D eigenvalue weighted by molar-refractivity contribution is 0.476. The van der Waals surface area contributed by atoms with Gasteiger partial charge in [0.1, 0.15) is 17.2 Å². The third-order valence-electron chi connectivity index (χ3n) is 3.54. The SMILES string of the molecule is CNC(c1cc2cc(C)ccc2o1)c1ccc(Cl)cc1F. The number of nitrogens with one attached hydrogen (secondary N) is 1. The topological polar surface area (TPSA) is 25.2 Å². The first-order valence-corrected chi connectivity index (χ1v) is 7.08. The molecule has 0 spiro atoms. The molecule has 0 saturated heterocycles. The number of halogens is 2. The zero-order valence-corrected chi connectivity index (χ0v) is 12.5. The molecule has 1 unspecified atom stereocenters. The summed E-state index contributed by atoms with van der Waals surface area (Å²) < 4.78 is 20.0. The predicted molar refractivity (Wildman–Crippen MR) is 83.3 cm³/mol. The van der Waals surface area contributed by atoms with Crippen LogP contribution in [-0.4, -0.2) is 7.05 Å². The molecule has 4 heteroatoms. The molecule has 0 radical (unpaired) electrons. The maximum atomic E-state index is 14.1. The Hall–Kier alpha value is -1.84. The van der Waals surface area contributed by atoms with Crippen LogP contribution >= 0.6 is 11.6 Å². The molecule has 0 amide bonds. The predicted octanol–water partition coefficient (Wildman–Crippen LogP) is 4.84. The van der Waals surface area contributed by atoms with Crippen molar-refractivity contribution in [3.63, 3.8) is 0 Å². The van der Waals surface area contributed by atoms with Gasteiger partial charge in [0.15, 0.2) is 0 Å². The van der Waals surface area contributed by atoms with E-state index >= 15 is 0 Å². The van der Waals surface area contributed by atoms with Crippen molar-refractivity contribution >= 4 is 22.6 Å². The van der Waals surface area contributed by atoms with E-state index in [-0.39, 0.29) is 11.9 Å². The van der Waals surface area contributed by atoms with Gasteiger partial charge < -0.3 is 9.73 Å². The first-order valence-electron chi connectivity index (χ1n) is 6.71. The Kier molecular flexibility index (Phi) is 3.70. The normalized spacial score (nSPS) is 12.8. The summed E-state index contributed by atoms with van der Waals surface area (Å²) in [5.74, 6) is 0.331. The second-order valence-electron chi connectivity index (χ2n) is 5.08. The Morgan fingerprint density at radius 1 is 1.14 bits per heavy atom. The first kappa shape index (κ1) is 14.1. The Balaban J connectivity index is 2.09. The van der Waals surface area contributed by atoms with Crippen molar-refractivity contribution < 1.29 is 8.81 Å². The van der Waals surface area contributed by atoms with Gasteiger partial charge in [-0.25, -0.2) is 4.39 Å². The number of fused-ring (bicyclic) bond motifs is 1. The molecule has 3 aromatic rings. The Bertz CT molecular complexity index is 797. The van der Waals surface area contributed by atoms with Crippen molar-refractivity contribution in [2.24, 2.45) is 0 Å². The molecular formula is C17H15ClFNO. The van der Waals surface area contributed by atoms with Gasteiger partial charge in [-0.15, -0.1) is 0 Å². The maximum absolute atomic E-state index is 14.1. The van der Waals surface area contributed by atoms with Gasteiger partial charge in [0, 0.05) is 16.0 Å². The van der Waals surface area contributed by atoms with Crippen LogP contribution in [-0.2, 0) is 0 Å². The molecule has 108 valence electrons. The minimum absolute atomic E-state index is 0.349. The highest BCUT2D eigenvalue weighted by Gasteiger charge is 2.20. The van der Waals surface area contributed by atoms with Crippen LogP contribution in [0.25, 0.3) is 11.0 Å². The van der Waals surface area contributed by atoms with E-state index in [1.165, 1.54) is 6.07 Å². The average molecular weight is 304 g/mol. The molecule has 2 aromatic carbocycles. The Morgan fingerprint density at radius 3 is 2.67 bits per heavy atom. The van der Waals surface area contributed by atoms with Gasteiger partial charge in [0.2, 0.25) is 0 Å². The van der Waals surface area contributed by atoms with E-state index in [0.29, 0.717) is 16.3 Å². The molecule has 0 aliphatic rings. The third kappa shape index (κ3) is 2.67. The number of furan rings is 1. The van der Waals surface area contributed by atoms with Crippen molar-refractivity contribution in [1.29, 1.82) is 0 Å². The number of aryl methyl sites for hydroxylation is 1. The fourth-order valence-electron chi connectivity index (χ4n) is 2.51. The molecule has 21 heavy (non-hydrogen) atoms. The van der Waals surface area contributed by atoms with Crippen molar-refractivity contribution in [1.82, 2.24) is 5.32 Å². The number of hydrogen-bond donors (Lipinski definition) is 1. The second kappa shape index (κ2) is 5.51. The summed E-state index contributed by atoms with van der Waals surface area (Å²) >= 11 is 5.81. The molecule has 0 fully saturated rings. The lowest BCUT2D eigenvalue weighted by atomic mass is 10.0. The molecule has 2 nitrogen and oxygen atoms in total. The van der Waals surface area contributed by atoms with E-state index in [4.69, 9.17) is 16.0 Å². The smallest absolute Gasteiger partial charge is 0.134 e. The number of rotatable bonds is 3.